The summed E-state index contributed by atoms with van der Waals surface area (Å²) >= 11 is 0. The number of ether oxygens (including phenoxy) is 1. The molecular weight excluding hydrogens is 370 g/mol. The van der Waals surface area contributed by atoms with Gasteiger partial charge in [0, 0.05) is 18.7 Å². The van der Waals surface area contributed by atoms with Crippen LogP contribution in [0.3, 0.4) is 0 Å². The molecule has 0 bridgehead atoms. The Morgan fingerprint density at radius 3 is 2.59 bits per heavy atom. The monoisotopic (exact) mass is 395 g/mol. The number of carbonyl (C=O) groups excluding carboxylic acids is 1. The van der Waals surface area contributed by atoms with Gasteiger partial charge in [0.1, 0.15) is 6.10 Å². The van der Waals surface area contributed by atoms with Gasteiger partial charge in [-0.05, 0) is 60.0 Å². The van der Waals surface area contributed by atoms with E-state index in [1.807, 2.05) is 56.3 Å². The van der Waals surface area contributed by atoms with E-state index in [0.717, 1.165) is 11.1 Å². The number of methoxy groups -OCH3 is 1. The van der Waals surface area contributed by atoms with E-state index in [-0.39, 0.29) is 11.9 Å². The lowest BCUT2D eigenvalue weighted by Gasteiger charge is -2.18. The molecule has 8 heteroatoms. The number of nitrogens with one attached hydrogen (secondary N) is 1. The fourth-order valence-corrected chi connectivity index (χ4v) is 3.17. The number of nitrogens with zero attached hydrogens (tertiary/aromatic N) is 4. The average Bonchev–Trinajstić information content (AvgIpc) is 3.19. The Bertz CT molecular complexity index is 985. The predicted octanol–water partition coefficient (Wildman–Crippen LogP) is 2.46. The number of carbonyl (C=O) groups is 1. The molecule has 2 N–H and O–H groups in total. The number of hydrogen-bond acceptors (Lipinski definition) is 6. The Morgan fingerprint density at radius 1 is 1.21 bits per heavy atom. The van der Waals surface area contributed by atoms with Crippen LogP contribution in [-0.4, -0.2) is 51.0 Å². The maximum atomic E-state index is 13.0. The van der Waals surface area contributed by atoms with Crippen molar-refractivity contribution in [3.63, 3.8) is 0 Å². The minimum atomic E-state index is -0.858. The molecule has 0 radical (unpaired) electrons. The van der Waals surface area contributed by atoms with Gasteiger partial charge in [-0.25, -0.2) is 0 Å². The minimum absolute atomic E-state index is 0.142. The standard InChI is InChI=1S/C21H25N5O3/c1-13(12-29-4)22-21(28)18-10-17(16-8-6-5-7-9-16)11-19(14(18)2)26-20(15(3)27)23-24-25-26/h5-11,13,15,27H,12H2,1-4H3,(H,22,28)/t13-,15?/m1/s1. The third-order valence-electron chi connectivity index (χ3n) is 4.62. The van der Waals surface area contributed by atoms with Crippen LogP contribution in [0.1, 0.15) is 41.7 Å². The molecule has 0 aliphatic carbocycles. The van der Waals surface area contributed by atoms with E-state index in [2.05, 4.69) is 20.8 Å². The van der Waals surface area contributed by atoms with Gasteiger partial charge in [-0.3, -0.25) is 4.79 Å². The fourth-order valence-electron chi connectivity index (χ4n) is 3.17. The van der Waals surface area contributed by atoms with Gasteiger partial charge >= 0.3 is 0 Å². The smallest absolute Gasteiger partial charge is 0.251 e. The van der Waals surface area contributed by atoms with Crippen molar-refractivity contribution in [2.24, 2.45) is 0 Å². The minimum Gasteiger partial charge on any atom is -0.385 e. The van der Waals surface area contributed by atoms with Crippen molar-refractivity contribution < 1.29 is 14.6 Å². The van der Waals surface area contributed by atoms with Crippen LogP contribution in [0.15, 0.2) is 42.5 Å². The Morgan fingerprint density at radius 2 is 1.93 bits per heavy atom. The Hall–Kier alpha value is -3.10. The second kappa shape index (κ2) is 8.93. The topological polar surface area (TPSA) is 102 Å². The fraction of sp³-hybridized carbons (Fsp3) is 0.333. The van der Waals surface area contributed by atoms with E-state index in [1.165, 1.54) is 4.68 Å². The van der Waals surface area contributed by atoms with Gasteiger partial charge < -0.3 is 15.2 Å². The number of aromatic nitrogens is 4. The summed E-state index contributed by atoms with van der Waals surface area (Å²) in [7, 11) is 1.59. The maximum Gasteiger partial charge on any atom is 0.251 e. The highest BCUT2D eigenvalue weighted by atomic mass is 16.5. The summed E-state index contributed by atoms with van der Waals surface area (Å²) < 4.78 is 6.59. The first-order valence-corrected chi connectivity index (χ1v) is 9.39. The molecule has 0 saturated carbocycles. The molecule has 0 saturated heterocycles. The molecule has 8 nitrogen and oxygen atoms in total. The van der Waals surface area contributed by atoms with Crippen LogP contribution in [0.5, 0.6) is 0 Å². The second-order valence-corrected chi connectivity index (χ2v) is 6.99. The van der Waals surface area contributed by atoms with Crippen LogP contribution >= 0.6 is 0 Å². The molecular formula is C21H25N5O3. The van der Waals surface area contributed by atoms with E-state index in [9.17, 15) is 9.90 Å². The molecule has 29 heavy (non-hydrogen) atoms. The Balaban J connectivity index is 2.15. The first kappa shape index (κ1) is 20.6. The van der Waals surface area contributed by atoms with Gasteiger partial charge in [-0.1, -0.05) is 30.3 Å². The van der Waals surface area contributed by atoms with Crippen LogP contribution in [0.2, 0.25) is 0 Å². The zero-order valence-electron chi connectivity index (χ0n) is 17.0. The summed E-state index contributed by atoms with van der Waals surface area (Å²) in [5, 5.41) is 24.6. The van der Waals surface area contributed by atoms with Crippen molar-refractivity contribution in [2.45, 2.75) is 32.9 Å². The van der Waals surface area contributed by atoms with E-state index in [4.69, 9.17) is 4.74 Å². The first-order valence-electron chi connectivity index (χ1n) is 9.39. The summed E-state index contributed by atoms with van der Waals surface area (Å²) in [6.07, 6.45) is -0.858. The number of hydrogen-bond donors (Lipinski definition) is 2. The molecule has 3 rings (SSSR count). The van der Waals surface area contributed by atoms with Crippen molar-refractivity contribution in [3.05, 3.63) is 59.4 Å². The molecule has 0 aliphatic rings. The molecule has 1 amide bonds. The Labute approximate surface area is 169 Å². The largest absolute Gasteiger partial charge is 0.385 e. The number of aliphatic hydroxyl groups is 1. The van der Waals surface area contributed by atoms with Crippen LogP contribution in [0.4, 0.5) is 0 Å². The molecule has 1 heterocycles. The van der Waals surface area contributed by atoms with Gasteiger partial charge in [0.25, 0.3) is 5.91 Å². The summed E-state index contributed by atoms with van der Waals surface area (Å²) in [6.45, 7) is 5.73. The van der Waals surface area contributed by atoms with Crippen LogP contribution < -0.4 is 5.32 Å². The molecule has 0 aliphatic heterocycles. The molecule has 1 unspecified atom stereocenters. The molecule has 0 spiro atoms. The van der Waals surface area contributed by atoms with E-state index in [0.29, 0.717) is 29.2 Å². The van der Waals surface area contributed by atoms with Gasteiger partial charge in [0.15, 0.2) is 5.82 Å². The van der Waals surface area contributed by atoms with Crippen LogP contribution in [0, 0.1) is 6.92 Å². The average molecular weight is 395 g/mol. The zero-order chi connectivity index (χ0) is 21.0. The lowest BCUT2D eigenvalue weighted by atomic mass is 9.97. The Kier molecular flexibility index (Phi) is 6.36. The third-order valence-corrected chi connectivity index (χ3v) is 4.62. The summed E-state index contributed by atoms with van der Waals surface area (Å²) in [5.74, 6) is 0.0928. The van der Waals surface area contributed by atoms with Gasteiger partial charge in [-0.2, -0.15) is 4.68 Å². The van der Waals surface area contributed by atoms with E-state index < -0.39 is 6.10 Å². The highest BCUT2D eigenvalue weighted by molar-refractivity contribution is 5.98. The lowest BCUT2D eigenvalue weighted by Crippen LogP contribution is -2.36. The van der Waals surface area contributed by atoms with E-state index in [1.54, 1.807) is 14.0 Å². The van der Waals surface area contributed by atoms with Crippen LogP contribution in [-0.2, 0) is 4.74 Å². The van der Waals surface area contributed by atoms with Gasteiger partial charge in [-0.15, -0.1) is 5.10 Å². The third kappa shape index (κ3) is 4.49. The van der Waals surface area contributed by atoms with Crippen molar-refractivity contribution >= 4 is 5.91 Å². The van der Waals surface area contributed by atoms with Crippen molar-refractivity contribution in [2.75, 3.05) is 13.7 Å². The SMILES string of the molecule is COC[C@@H](C)NC(=O)c1cc(-c2ccccc2)cc(-n2nnnc2C(C)O)c1C. The lowest BCUT2D eigenvalue weighted by molar-refractivity contribution is 0.0905. The zero-order valence-corrected chi connectivity index (χ0v) is 17.0. The number of rotatable bonds is 7. The summed E-state index contributed by atoms with van der Waals surface area (Å²) in [4.78, 5) is 13.0. The quantitative estimate of drug-likeness (QED) is 0.637. The van der Waals surface area contributed by atoms with Crippen LogP contribution in [0.25, 0.3) is 16.8 Å². The van der Waals surface area contributed by atoms with Crippen molar-refractivity contribution in [3.8, 4) is 16.8 Å². The highest BCUT2D eigenvalue weighted by Gasteiger charge is 2.21. The number of aliphatic hydroxyl groups excluding tert-OH is 1. The summed E-state index contributed by atoms with van der Waals surface area (Å²) in [5.41, 5.74) is 3.66. The van der Waals surface area contributed by atoms with Crippen molar-refractivity contribution in [1.29, 1.82) is 0 Å². The molecule has 1 aromatic heterocycles. The molecule has 152 valence electrons. The molecule has 2 atom stereocenters. The number of amides is 1. The van der Waals surface area contributed by atoms with Gasteiger partial charge in [0.2, 0.25) is 0 Å². The second-order valence-electron chi connectivity index (χ2n) is 6.99. The molecule has 3 aromatic rings. The maximum absolute atomic E-state index is 13.0. The number of benzene rings is 2. The molecule has 2 aromatic carbocycles. The summed E-state index contributed by atoms with van der Waals surface area (Å²) in [6, 6.07) is 13.4. The number of tetrazole rings is 1. The predicted molar refractivity (Wildman–Crippen MR) is 109 cm³/mol. The van der Waals surface area contributed by atoms with E-state index >= 15 is 0 Å². The van der Waals surface area contributed by atoms with Crippen molar-refractivity contribution in [1.82, 2.24) is 25.5 Å². The van der Waals surface area contributed by atoms with Gasteiger partial charge in [0.05, 0.1) is 12.3 Å². The molecule has 0 fully saturated rings. The first-order chi connectivity index (χ1) is 13.9. The highest BCUT2D eigenvalue weighted by Crippen LogP contribution is 2.29. The normalized spacial score (nSPS) is 13.1.